The Labute approximate surface area is 179 Å². The van der Waals surface area contributed by atoms with Crippen LogP contribution in [0, 0.1) is 6.92 Å². The first-order valence-corrected chi connectivity index (χ1v) is 9.63. The quantitative estimate of drug-likeness (QED) is 0.647. The number of hydrogen-bond donors (Lipinski definition) is 1. The summed E-state index contributed by atoms with van der Waals surface area (Å²) in [5.41, 5.74) is 2.67. The van der Waals surface area contributed by atoms with Crippen LogP contribution < -0.4 is 5.32 Å². The van der Waals surface area contributed by atoms with Crippen molar-refractivity contribution in [1.82, 2.24) is 14.7 Å². The molecule has 3 aromatic rings. The summed E-state index contributed by atoms with van der Waals surface area (Å²) in [6.45, 7) is 2.19. The van der Waals surface area contributed by atoms with Gasteiger partial charge in [-0.2, -0.15) is 5.10 Å². The topological polar surface area (TPSA) is 67.2 Å². The van der Waals surface area contributed by atoms with Crippen LogP contribution in [0.5, 0.6) is 0 Å². The molecule has 0 unspecified atom stereocenters. The summed E-state index contributed by atoms with van der Waals surface area (Å²) in [5, 5.41) is 7.67. The highest BCUT2D eigenvalue weighted by Gasteiger charge is 2.21. The predicted molar refractivity (Wildman–Crippen MR) is 115 cm³/mol. The lowest BCUT2D eigenvalue weighted by molar-refractivity contribution is 0.0827. The average Bonchev–Trinajstić information content (AvgIpc) is 2.95. The standard InChI is InChI=1S/C21H20Cl2N4O2/c1-13-18(19(23)27(25-13)12-14-7-5-4-6-8-14)20(28)24-15-9-10-16(17(22)11-15)21(29)26(2)3/h4-11H,12H2,1-3H3,(H,24,28). The zero-order chi connectivity index (χ0) is 21.1. The number of aryl methyl sites for hydroxylation is 1. The summed E-state index contributed by atoms with van der Waals surface area (Å²) in [4.78, 5) is 26.3. The summed E-state index contributed by atoms with van der Waals surface area (Å²) in [7, 11) is 3.29. The highest BCUT2D eigenvalue weighted by atomic mass is 35.5. The number of anilines is 1. The van der Waals surface area contributed by atoms with E-state index in [1.54, 1.807) is 37.8 Å². The number of nitrogens with zero attached hydrogens (tertiary/aromatic N) is 3. The van der Waals surface area contributed by atoms with Gasteiger partial charge in [0.1, 0.15) is 5.15 Å². The molecule has 0 aliphatic carbocycles. The van der Waals surface area contributed by atoms with Gasteiger partial charge in [-0.3, -0.25) is 9.59 Å². The Kier molecular flexibility index (Phi) is 6.25. The van der Waals surface area contributed by atoms with Gasteiger partial charge >= 0.3 is 0 Å². The van der Waals surface area contributed by atoms with Gasteiger partial charge in [-0.1, -0.05) is 53.5 Å². The number of rotatable bonds is 5. The van der Waals surface area contributed by atoms with Gasteiger partial charge in [0.15, 0.2) is 0 Å². The number of halogens is 2. The number of benzene rings is 2. The second kappa shape index (κ2) is 8.68. The number of hydrogen-bond acceptors (Lipinski definition) is 3. The van der Waals surface area contributed by atoms with Gasteiger partial charge in [0.05, 0.1) is 28.4 Å². The van der Waals surface area contributed by atoms with Gasteiger partial charge in [-0.25, -0.2) is 4.68 Å². The maximum absolute atomic E-state index is 12.8. The van der Waals surface area contributed by atoms with Gasteiger partial charge in [-0.15, -0.1) is 0 Å². The van der Waals surface area contributed by atoms with Crippen molar-refractivity contribution in [2.45, 2.75) is 13.5 Å². The van der Waals surface area contributed by atoms with Gasteiger partial charge < -0.3 is 10.2 Å². The third kappa shape index (κ3) is 4.60. The van der Waals surface area contributed by atoms with Crippen molar-refractivity contribution in [3.05, 3.63) is 81.1 Å². The van der Waals surface area contributed by atoms with Crippen molar-refractivity contribution in [2.75, 3.05) is 19.4 Å². The molecule has 0 fully saturated rings. The number of amides is 2. The molecule has 0 aliphatic rings. The summed E-state index contributed by atoms with van der Waals surface area (Å²) in [5.74, 6) is -0.608. The molecule has 6 nitrogen and oxygen atoms in total. The van der Waals surface area contributed by atoms with E-state index in [0.29, 0.717) is 29.1 Å². The zero-order valence-corrected chi connectivity index (χ0v) is 17.8. The van der Waals surface area contributed by atoms with Crippen molar-refractivity contribution in [1.29, 1.82) is 0 Å². The van der Waals surface area contributed by atoms with E-state index in [1.165, 1.54) is 11.0 Å². The number of carbonyl (C=O) groups excluding carboxylic acids is 2. The molecule has 0 aliphatic heterocycles. The van der Waals surface area contributed by atoms with E-state index >= 15 is 0 Å². The van der Waals surface area contributed by atoms with E-state index in [0.717, 1.165) is 5.56 Å². The fraction of sp³-hybridized carbons (Fsp3) is 0.190. The van der Waals surface area contributed by atoms with Crippen molar-refractivity contribution in [2.24, 2.45) is 0 Å². The molecule has 2 aromatic carbocycles. The molecule has 0 bridgehead atoms. The molecule has 29 heavy (non-hydrogen) atoms. The summed E-state index contributed by atoms with van der Waals surface area (Å²) in [6, 6.07) is 14.5. The van der Waals surface area contributed by atoms with Gasteiger partial charge in [-0.05, 0) is 30.7 Å². The van der Waals surface area contributed by atoms with E-state index < -0.39 is 5.91 Å². The largest absolute Gasteiger partial charge is 0.345 e. The Bertz CT molecular complexity index is 1060. The van der Waals surface area contributed by atoms with Gasteiger partial charge in [0.2, 0.25) is 0 Å². The van der Waals surface area contributed by atoms with Crippen molar-refractivity contribution in [3.8, 4) is 0 Å². The SMILES string of the molecule is Cc1nn(Cc2ccccc2)c(Cl)c1C(=O)Nc1ccc(C(=O)N(C)C)c(Cl)c1. The van der Waals surface area contributed by atoms with E-state index in [2.05, 4.69) is 10.4 Å². The van der Waals surface area contributed by atoms with Gasteiger partial charge in [0.25, 0.3) is 11.8 Å². The van der Waals surface area contributed by atoms with E-state index in [4.69, 9.17) is 23.2 Å². The molecule has 0 atom stereocenters. The van der Waals surface area contributed by atoms with E-state index in [-0.39, 0.29) is 16.1 Å². The van der Waals surface area contributed by atoms with Crippen LogP contribution in [0.4, 0.5) is 5.69 Å². The first kappa shape index (κ1) is 20.9. The lowest BCUT2D eigenvalue weighted by atomic mass is 10.1. The molecule has 150 valence electrons. The molecule has 3 rings (SSSR count). The Morgan fingerprint density at radius 3 is 2.41 bits per heavy atom. The van der Waals surface area contributed by atoms with E-state index in [1.807, 2.05) is 30.3 Å². The Balaban J connectivity index is 1.81. The fourth-order valence-electron chi connectivity index (χ4n) is 2.87. The number of nitrogens with one attached hydrogen (secondary N) is 1. The summed E-state index contributed by atoms with van der Waals surface area (Å²) in [6.07, 6.45) is 0. The smallest absolute Gasteiger partial charge is 0.260 e. The molecule has 1 aromatic heterocycles. The van der Waals surface area contributed by atoms with Crippen LogP contribution in [0.15, 0.2) is 48.5 Å². The molecule has 0 radical (unpaired) electrons. The number of carbonyl (C=O) groups is 2. The van der Waals surface area contributed by atoms with Crippen LogP contribution in [-0.2, 0) is 6.54 Å². The first-order valence-electron chi connectivity index (χ1n) is 8.87. The van der Waals surface area contributed by atoms with Crippen LogP contribution >= 0.6 is 23.2 Å². The molecular weight excluding hydrogens is 411 g/mol. The minimum Gasteiger partial charge on any atom is -0.345 e. The Morgan fingerprint density at radius 1 is 1.10 bits per heavy atom. The number of aromatic nitrogens is 2. The first-order chi connectivity index (χ1) is 13.8. The van der Waals surface area contributed by atoms with Crippen molar-refractivity contribution >= 4 is 40.7 Å². The van der Waals surface area contributed by atoms with Crippen LogP contribution in [0.3, 0.4) is 0 Å². The highest BCUT2D eigenvalue weighted by molar-refractivity contribution is 6.35. The molecular formula is C21H20Cl2N4O2. The predicted octanol–water partition coefficient (Wildman–Crippen LogP) is 4.50. The molecule has 1 heterocycles. The highest BCUT2D eigenvalue weighted by Crippen LogP contribution is 2.25. The minimum absolute atomic E-state index is 0.214. The third-order valence-corrected chi connectivity index (χ3v) is 5.03. The van der Waals surface area contributed by atoms with Crippen LogP contribution in [0.2, 0.25) is 10.2 Å². The minimum atomic E-state index is -0.394. The average molecular weight is 431 g/mol. The lowest BCUT2D eigenvalue weighted by Gasteiger charge is -2.13. The molecule has 0 saturated heterocycles. The molecule has 0 saturated carbocycles. The van der Waals surface area contributed by atoms with Gasteiger partial charge in [0, 0.05) is 19.8 Å². The van der Waals surface area contributed by atoms with Crippen LogP contribution in [0.25, 0.3) is 0 Å². The van der Waals surface area contributed by atoms with E-state index in [9.17, 15) is 9.59 Å². The van der Waals surface area contributed by atoms with Crippen LogP contribution in [-0.4, -0.2) is 40.6 Å². The second-order valence-corrected chi connectivity index (χ2v) is 7.51. The zero-order valence-electron chi connectivity index (χ0n) is 16.2. The van der Waals surface area contributed by atoms with Crippen molar-refractivity contribution in [3.63, 3.8) is 0 Å². The van der Waals surface area contributed by atoms with Crippen molar-refractivity contribution < 1.29 is 9.59 Å². The molecule has 0 spiro atoms. The molecule has 8 heteroatoms. The maximum Gasteiger partial charge on any atom is 0.260 e. The molecule has 1 N–H and O–H groups in total. The normalized spacial score (nSPS) is 10.7. The Morgan fingerprint density at radius 2 is 1.79 bits per heavy atom. The Hall–Kier alpha value is -2.83. The van der Waals surface area contributed by atoms with Crippen LogP contribution in [0.1, 0.15) is 32.0 Å². The summed E-state index contributed by atoms with van der Waals surface area (Å²) >= 11 is 12.7. The lowest BCUT2D eigenvalue weighted by Crippen LogP contribution is -2.22. The monoisotopic (exact) mass is 430 g/mol. The fourth-order valence-corrected chi connectivity index (χ4v) is 3.45. The second-order valence-electron chi connectivity index (χ2n) is 6.74. The maximum atomic E-state index is 12.8. The molecule has 2 amide bonds. The third-order valence-electron chi connectivity index (χ3n) is 4.33. The summed E-state index contributed by atoms with van der Waals surface area (Å²) < 4.78 is 1.59.